The van der Waals surface area contributed by atoms with Crippen molar-refractivity contribution in [1.82, 2.24) is 0 Å². The molecule has 2 heterocycles. The number of carbonyl (C=O) groups is 1. The maximum atomic E-state index is 12.0. The molecule has 2 atom stereocenters. The first-order chi connectivity index (χ1) is 7.22. The monoisotopic (exact) mass is 225 g/mol. The van der Waals surface area contributed by atoms with Crippen LogP contribution in [0.2, 0.25) is 0 Å². The Morgan fingerprint density at radius 1 is 1.67 bits per heavy atom. The third-order valence-corrected chi connectivity index (χ3v) is 3.78. The third kappa shape index (κ3) is 2.12. The van der Waals surface area contributed by atoms with Gasteiger partial charge in [-0.3, -0.25) is 4.79 Å². The standard InChI is InChI=1S/C11H15NO2S/c1-7-4-5-15-11(7)10(13)9-3-2-8(6-12)14-9/h4-5,8-9H,2-3,6,12H2,1H3. The van der Waals surface area contributed by atoms with E-state index in [1.54, 1.807) is 0 Å². The van der Waals surface area contributed by atoms with Gasteiger partial charge in [0.1, 0.15) is 6.10 Å². The van der Waals surface area contributed by atoms with Crippen molar-refractivity contribution in [2.75, 3.05) is 6.54 Å². The van der Waals surface area contributed by atoms with Crippen molar-refractivity contribution >= 4 is 17.1 Å². The largest absolute Gasteiger partial charge is 0.365 e. The molecule has 82 valence electrons. The summed E-state index contributed by atoms with van der Waals surface area (Å²) in [5.41, 5.74) is 6.56. The highest BCUT2D eigenvalue weighted by molar-refractivity contribution is 7.12. The van der Waals surface area contributed by atoms with Crippen LogP contribution >= 0.6 is 11.3 Å². The van der Waals surface area contributed by atoms with Gasteiger partial charge in [0.15, 0.2) is 0 Å². The minimum absolute atomic E-state index is 0.0687. The van der Waals surface area contributed by atoms with Crippen LogP contribution in [0.15, 0.2) is 11.4 Å². The van der Waals surface area contributed by atoms with Crippen LogP contribution in [0.1, 0.15) is 28.1 Å². The Bertz CT molecular complexity index is 361. The molecule has 0 radical (unpaired) electrons. The van der Waals surface area contributed by atoms with E-state index in [1.807, 2.05) is 18.4 Å². The molecule has 3 nitrogen and oxygen atoms in total. The second-order valence-electron chi connectivity index (χ2n) is 3.86. The zero-order valence-corrected chi connectivity index (χ0v) is 9.55. The first kappa shape index (κ1) is 10.8. The molecule has 0 aromatic carbocycles. The average Bonchev–Trinajstić information content (AvgIpc) is 2.84. The lowest BCUT2D eigenvalue weighted by molar-refractivity contribution is 0.0407. The summed E-state index contributed by atoms with van der Waals surface area (Å²) in [6.45, 7) is 2.46. The molecule has 1 fully saturated rings. The minimum Gasteiger partial charge on any atom is -0.365 e. The van der Waals surface area contributed by atoms with Crippen LogP contribution in [-0.2, 0) is 4.74 Å². The van der Waals surface area contributed by atoms with Gasteiger partial charge in [0.2, 0.25) is 5.78 Å². The van der Waals surface area contributed by atoms with E-state index < -0.39 is 0 Å². The molecule has 0 spiro atoms. The highest BCUT2D eigenvalue weighted by atomic mass is 32.1. The summed E-state index contributed by atoms with van der Waals surface area (Å²) in [6, 6.07) is 1.97. The lowest BCUT2D eigenvalue weighted by Gasteiger charge is -2.10. The SMILES string of the molecule is Cc1ccsc1C(=O)C1CCC(CN)O1. The summed E-state index contributed by atoms with van der Waals surface area (Å²) in [4.78, 5) is 12.9. The van der Waals surface area contributed by atoms with Gasteiger partial charge < -0.3 is 10.5 Å². The molecule has 4 heteroatoms. The van der Waals surface area contributed by atoms with Gasteiger partial charge in [0, 0.05) is 6.54 Å². The van der Waals surface area contributed by atoms with Crippen molar-refractivity contribution in [2.24, 2.45) is 5.73 Å². The van der Waals surface area contributed by atoms with E-state index >= 15 is 0 Å². The van der Waals surface area contributed by atoms with E-state index in [0.29, 0.717) is 6.54 Å². The van der Waals surface area contributed by atoms with Crippen molar-refractivity contribution in [3.05, 3.63) is 21.9 Å². The Balaban J connectivity index is 2.07. The summed E-state index contributed by atoms with van der Waals surface area (Å²) in [5, 5.41) is 1.94. The van der Waals surface area contributed by atoms with E-state index in [2.05, 4.69) is 0 Å². The number of hydrogen-bond acceptors (Lipinski definition) is 4. The van der Waals surface area contributed by atoms with Gasteiger partial charge in [-0.25, -0.2) is 0 Å². The summed E-state index contributed by atoms with van der Waals surface area (Å²) >= 11 is 1.49. The number of hydrogen-bond donors (Lipinski definition) is 1. The van der Waals surface area contributed by atoms with Crippen LogP contribution in [0.4, 0.5) is 0 Å². The summed E-state index contributed by atoms with van der Waals surface area (Å²) in [5.74, 6) is 0.124. The number of aryl methyl sites for hydroxylation is 1. The van der Waals surface area contributed by atoms with Crippen LogP contribution in [0.3, 0.4) is 0 Å². The first-order valence-electron chi connectivity index (χ1n) is 5.16. The lowest BCUT2D eigenvalue weighted by Crippen LogP contribution is -2.25. The van der Waals surface area contributed by atoms with Crippen LogP contribution in [0.25, 0.3) is 0 Å². The van der Waals surface area contributed by atoms with Gasteiger partial charge in [0.25, 0.3) is 0 Å². The molecule has 1 aromatic heterocycles. The van der Waals surface area contributed by atoms with E-state index in [-0.39, 0.29) is 18.0 Å². The van der Waals surface area contributed by atoms with E-state index in [4.69, 9.17) is 10.5 Å². The first-order valence-corrected chi connectivity index (χ1v) is 6.04. The molecule has 1 aliphatic rings. The predicted octanol–water partition coefficient (Wildman–Crippen LogP) is 1.75. The average molecular weight is 225 g/mol. The number of carbonyl (C=O) groups excluding carboxylic acids is 1. The van der Waals surface area contributed by atoms with E-state index in [0.717, 1.165) is 23.3 Å². The van der Waals surface area contributed by atoms with Gasteiger partial charge in [-0.05, 0) is 36.8 Å². The van der Waals surface area contributed by atoms with Crippen molar-refractivity contribution in [3.8, 4) is 0 Å². The fraction of sp³-hybridized carbons (Fsp3) is 0.545. The molecule has 2 N–H and O–H groups in total. The van der Waals surface area contributed by atoms with Crippen molar-refractivity contribution < 1.29 is 9.53 Å². The second kappa shape index (κ2) is 4.43. The Hall–Kier alpha value is -0.710. The Morgan fingerprint density at radius 2 is 2.47 bits per heavy atom. The smallest absolute Gasteiger partial charge is 0.201 e. The summed E-state index contributed by atoms with van der Waals surface area (Å²) < 4.78 is 5.58. The Kier molecular flexibility index (Phi) is 3.19. The highest BCUT2D eigenvalue weighted by Gasteiger charge is 2.31. The topological polar surface area (TPSA) is 52.3 Å². The molecule has 1 aromatic rings. The molecule has 0 aliphatic carbocycles. The fourth-order valence-corrected chi connectivity index (χ4v) is 2.75. The number of nitrogens with two attached hydrogens (primary N) is 1. The van der Waals surface area contributed by atoms with Gasteiger partial charge in [-0.2, -0.15) is 0 Å². The van der Waals surface area contributed by atoms with Crippen molar-refractivity contribution in [3.63, 3.8) is 0 Å². The van der Waals surface area contributed by atoms with Gasteiger partial charge >= 0.3 is 0 Å². The predicted molar refractivity (Wildman–Crippen MR) is 60.3 cm³/mol. The number of ether oxygens (including phenoxy) is 1. The number of thiophene rings is 1. The molecule has 15 heavy (non-hydrogen) atoms. The highest BCUT2D eigenvalue weighted by Crippen LogP contribution is 2.25. The maximum absolute atomic E-state index is 12.0. The molecular formula is C11H15NO2S. The number of ketones is 1. The Labute approximate surface area is 93.2 Å². The molecule has 0 bridgehead atoms. The molecule has 2 rings (SSSR count). The van der Waals surface area contributed by atoms with Crippen molar-refractivity contribution in [1.29, 1.82) is 0 Å². The van der Waals surface area contributed by atoms with Crippen LogP contribution in [0.5, 0.6) is 0 Å². The fourth-order valence-electron chi connectivity index (χ4n) is 1.84. The van der Waals surface area contributed by atoms with Gasteiger partial charge in [0.05, 0.1) is 11.0 Å². The molecule has 1 aliphatic heterocycles. The normalized spacial score (nSPS) is 25.7. The van der Waals surface area contributed by atoms with Crippen LogP contribution in [0, 0.1) is 6.92 Å². The van der Waals surface area contributed by atoms with Gasteiger partial charge in [-0.15, -0.1) is 11.3 Å². The number of Topliss-reactive ketones (excluding diaryl/α,β-unsaturated/α-hetero) is 1. The molecule has 0 amide bonds. The van der Waals surface area contributed by atoms with E-state index in [9.17, 15) is 4.79 Å². The second-order valence-corrected chi connectivity index (χ2v) is 4.77. The summed E-state index contributed by atoms with van der Waals surface area (Å²) in [6.07, 6.45) is 1.50. The minimum atomic E-state index is -0.268. The molecule has 0 saturated carbocycles. The zero-order valence-electron chi connectivity index (χ0n) is 8.73. The maximum Gasteiger partial charge on any atom is 0.201 e. The zero-order chi connectivity index (χ0) is 10.8. The van der Waals surface area contributed by atoms with Gasteiger partial charge in [-0.1, -0.05) is 0 Å². The Morgan fingerprint density at radius 3 is 3.00 bits per heavy atom. The van der Waals surface area contributed by atoms with E-state index in [1.165, 1.54) is 11.3 Å². The number of rotatable bonds is 3. The van der Waals surface area contributed by atoms with Crippen molar-refractivity contribution in [2.45, 2.75) is 32.0 Å². The quantitative estimate of drug-likeness (QED) is 0.797. The molecule has 2 unspecified atom stereocenters. The summed E-state index contributed by atoms with van der Waals surface area (Å²) in [7, 11) is 0. The van der Waals surface area contributed by atoms with Crippen LogP contribution < -0.4 is 5.73 Å². The lowest BCUT2D eigenvalue weighted by atomic mass is 10.1. The third-order valence-electron chi connectivity index (χ3n) is 2.75. The molecular weight excluding hydrogens is 210 g/mol. The van der Waals surface area contributed by atoms with Crippen LogP contribution in [-0.4, -0.2) is 24.5 Å². The molecule has 1 saturated heterocycles.